The largest absolute Gasteiger partial charge is 0.354 e. The molecular formula is C23H22N6O2. The maximum atomic E-state index is 12.7. The second kappa shape index (κ2) is 8.51. The van der Waals surface area contributed by atoms with Crippen molar-refractivity contribution < 1.29 is 9.32 Å². The number of para-hydroxylation sites is 2. The zero-order valence-electron chi connectivity index (χ0n) is 17.0. The van der Waals surface area contributed by atoms with E-state index >= 15 is 0 Å². The molecule has 0 atom stereocenters. The maximum Gasteiger partial charge on any atom is 0.227 e. The first-order valence-corrected chi connectivity index (χ1v) is 10.5. The molecule has 31 heavy (non-hydrogen) atoms. The van der Waals surface area contributed by atoms with Crippen molar-refractivity contribution in [3.05, 3.63) is 60.5 Å². The fourth-order valence-corrected chi connectivity index (χ4v) is 3.70. The van der Waals surface area contributed by atoms with Gasteiger partial charge in [0.1, 0.15) is 0 Å². The summed E-state index contributed by atoms with van der Waals surface area (Å²) < 4.78 is 5.31. The number of nitrogens with zero attached hydrogens (tertiary/aromatic N) is 5. The van der Waals surface area contributed by atoms with Crippen LogP contribution in [0.1, 0.15) is 25.2 Å². The fourth-order valence-electron chi connectivity index (χ4n) is 3.70. The standard InChI is InChI=1S/C23H22N6O2/c30-19(12-13-20-27-21(28-31-20)16-8-2-1-3-9-16)26-22-23(29-14-6-7-15-29)25-18-11-5-4-10-17(18)24-22/h1-5,8-11H,6-7,12-15H2,(H,24,26,30). The minimum absolute atomic E-state index is 0.163. The van der Waals surface area contributed by atoms with Crippen molar-refractivity contribution in [3.63, 3.8) is 0 Å². The summed E-state index contributed by atoms with van der Waals surface area (Å²) in [7, 11) is 0. The van der Waals surface area contributed by atoms with Crippen molar-refractivity contribution in [2.75, 3.05) is 23.3 Å². The van der Waals surface area contributed by atoms with Crippen LogP contribution in [-0.2, 0) is 11.2 Å². The number of hydrogen-bond acceptors (Lipinski definition) is 7. The molecule has 156 valence electrons. The van der Waals surface area contributed by atoms with E-state index in [1.54, 1.807) is 0 Å². The van der Waals surface area contributed by atoms with Crippen molar-refractivity contribution in [1.29, 1.82) is 0 Å². The number of nitrogens with one attached hydrogen (secondary N) is 1. The summed E-state index contributed by atoms with van der Waals surface area (Å²) in [5, 5.41) is 6.95. The number of carbonyl (C=O) groups is 1. The van der Waals surface area contributed by atoms with Crippen LogP contribution in [-0.4, -0.2) is 39.1 Å². The second-order valence-electron chi connectivity index (χ2n) is 7.50. The van der Waals surface area contributed by atoms with Crippen LogP contribution >= 0.6 is 0 Å². The van der Waals surface area contributed by atoms with Gasteiger partial charge >= 0.3 is 0 Å². The first-order valence-electron chi connectivity index (χ1n) is 10.5. The van der Waals surface area contributed by atoms with Gasteiger partial charge in [-0.15, -0.1) is 0 Å². The summed E-state index contributed by atoms with van der Waals surface area (Å²) in [6.45, 7) is 1.83. The highest BCUT2D eigenvalue weighted by atomic mass is 16.5. The van der Waals surface area contributed by atoms with Crippen LogP contribution in [0.2, 0.25) is 0 Å². The number of fused-ring (bicyclic) bond motifs is 1. The lowest BCUT2D eigenvalue weighted by atomic mass is 10.2. The molecule has 1 N–H and O–H groups in total. The summed E-state index contributed by atoms with van der Waals surface area (Å²) in [5.74, 6) is 2.02. The molecule has 0 unspecified atom stereocenters. The van der Waals surface area contributed by atoms with Gasteiger partial charge in [0, 0.05) is 31.5 Å². The molecule has 3 heterocycles. The molecule has 4 aromatic rings. The Labute approximate surface area is 179 Å². The van der Waals surface area contributed by atoms with Crippen molar-refractivity contribution in [2.45, 2.75) is 25.7 Å². The van der Waals surface area contributed by atoms with Gasteiger partial charge < -0.3 is 14.7 Å². The molecule has 1 aliphatic rings. The number of benzene rings is 2. The molecule has 1 amide bonds. The molecule has 8 heteroatoms. The Bertz CT molecular complexity index is 1200. The molecule has 1 saturated heterocycles. The van der Waals surface area contributed by atoms with Crippen LogP contribution in [0.3, 0.4) is 0 Å². The molecule has 0 aliphatic carbocycles. The average molecular weight is 414 g/mol. The van der Waals surface area contributed by atoms with E-state index in [1.807, 2.05) is 54.6 Å². The molecule has 5 rings (SSSR count). The minimum Gasteiger partial charge on any atom is -0.354 e. The van der Waals surface area contributed by atoms with E-state index in [0.29, 0.717) is 24.0 Å². The quantitative estimate of drug-likeness (QED) is 0.512. The molecular weight excluding hydrogens is 392 g/mol. The lowest BCUT2D eigenvalue weighted by molar-refractivity contribution is -0.116. The number of aromatic nitrogens is 4. The van der Waals surface area contributed by atoms with Crippen molar-refractivity contribution in [2.24, 2.45) is 0 Å². The van der Waals surface area contributed by atoms with E-state index in [-0.39, 0.29) is 12.3 Å². The van der Waals surface area contributed by atoms with Crippen LogP contribution in [0.4, 0.5) is 11.6 Å². The third-order valence-corrected chi connectivity index (χ3v) is 5.28. The number of aryl methyl sites for hydroxylation is 1. The normalized spacial score (nSPS) is 13.6. The Hall–Kier alpha value is -3.81. The highest BCUT2D eigenvalue weighted by Gasteiger charge is 2.21. The van der Waals surface area contributed by atoms with Gasteiger partial charge in [0.25, 0.3) is 0 Å². The van der Waals surface area contributed by atoms with E-state index in [1.165, 1.54) is 0 Å². The van der Waals surface area contributed by atoms with Crippen LogP contribution in [0.5, 0.6) is 0 Å². The number of anilines is 2. The van der Waals surface area contributed by atoms with E-state index in [4.69, 9.17) is 9.51 Å². The Morgan fingerprint density at radius 1 is 0.935 bits per heavy atom. The Morgan fingerprint density at radius 2 is 1.65 bits per heavy atom. The molecule has 0 radical (unpaired) electrons. The molecule has 8 nitrogen and oxygen atoms in total. The smallest absolute Gasteiger partial charge is 0.227 e. The van der Waals surface area contributed by atoms with Crippen molar-refractivity contribution in [3.8, 4) is 11.4 Å². The van der Waals surface area contributed by atoms with Gasteiger partial charge in [-0.05, 0) is 25.0 Å². The van der Waals surface area contributed by atoms with Crippen LogP contribution < -0.4 is 10.2 Å². The summed E-state index contributed by atoms with van der Waals surface area (Å²) in [5.41, 5.74) is 2.45. The lowest BCUT2D eigenvalue weighted by Gasteiger charge is -2.20. The summed E-state index contributed by atoms with van der Waals surface area (Å²) >= 11 is 0. The average Bonchev–Trinajstić information content (AvgIpc) is 3.50. The molecule has 1 aliphatic heterocycles. The molecule has 2 aromatic carbocycles. The second-order valence-corrected chi connectivity index (χ2v) is 7.50. The summed E-state index contributed by atoms with van der Waals surface area (Å²) in [6, 6.07) is 17.3. The highest BCUT2D eigenvalue weighted by molar-refractivity contribution is 5.94. The SMILES string of the molecule is O=C(CCc1nc(-c2ccccc2)no1)Nc1nc2ccccc2nc1N1CCCC1. The number of rotatable bonds is 6. The summed E-state index contributed by atoms with van der Waals surface area (Å²) in [6.07, 6.45) is 2.79. The molecule has 1 fully saturated rings. The predicted molar refractivity (Wildman–Crippen MR) is 118 cm³/mol. The topological polar surface area (TPSA) is 97.0 Å². The Morgan fingerprint density at radius 3 is 2.42 bits per heavy atom. The van der Waals surface area contributed by atoms with Gasteiger partial charge in [-0.3, -0.25) is 4.79 Å². The number of amides is 1. The minimum atomic E-state index is -0.163. The van der Waals surface area contributed by atoms with Gasteiger partial charge in [0.05, 0.1) is 11.0 Å². The van der Waals surface area contributed by atoms with Gasteiger partial charge in [0.2, 0.25) is 17.6 Å². The first-order chi connectivity index (χ1) is 15.3. The third kappa shape index (κ3) is 4.23. The van der Waals surface area contributed by atoms with Crippen molar-refractivity contribution in [1.82, 2.24) is 20.1 Å². The van der Waals surface area contributed by atoms with Gasteiger partial charge in [0.15, 0.2) is 11.6 Å². The number of hydrogen-bond donors (Lipinski definition) is 1. The van der Waals surface area contributed by atoms with Crippen molar-refractivity contribution >= 4 is 28.6 Å². The van der Waals surface area contributed by atoms with E-state index in [9.17, 15) is 4.79 Å². The summed E-state index contributed by atoms with van der Waals surface area (Å²) in [4.78, 5) is 28.7. The van der Waals surface area contributed by atoms with E-state index < -0.39 is 0 Å². The van der Waals surface area contributed by atoms with Crippen LogP contribution in [0.15, 0.2) is 59.1 Å². The Kier molecular flexibility index (Phi) is 5.26. The van der Waals surface area contributed by atoms with Gasteiger partial charge in [-0.2, -0.15) is 4.98 Å². The maximum absolute atomic E-state index is 12.7. The zero-order valence-corrected chi connectivity index (χ0v) is 17.0. The van der Waals surface area contributed by atoms with E-state index in [2.05, 4.69) is 25.3 Å². The fraction of sp³-hybridized carbons (Fsp3) is 0.261. The van der Waals surface area contributed by atoms with Gasteiger partial charge in [-0.25, -0.2) is 9.97 Å². The Balaban J connectivity index is 1.30. The van der Waals surface area contributed by atoms with E-state index in [0.717, 1.165) is 48.3 Å². The monoisotopic (exact) mass is 414 g/mol. The molecule has 0 bridgehead atoms. The van der Waals surface area contributed by atoms with Crippen LogP contribution in [0.25, 0.3) is 22.4 Å². The van der Waals surface area contributed by atoms with Gasteiger partial charge in [-0.1, -0.05) is 47.6 Å². The molecule has 0 spiro atoms. The van der Waals surface area contributed by atoms with Crippen LogP contribution in [0, 0.1) is 0 Å². The number of carbonyl (C=O) groups excluding carboxylic acids is 1. The lowest BCUT2D eigenvalue weighted by Crippen LogP contribution is -2.23. The zero-order chi connectivity index (χ0) is 21.0. The third-order valence-electron chi connectivity index (χ3n) is 5.28. The predicted octanol–water partition coefficient (Wildman–Crippen LogP) is 3.85. The molecule has 0 saturated carbocycles. The molecule has 2 aromatic heterocycles. The highest BCUT2D eigenvalue weighted by Crippen LogP contribution is 2.28. The first kappa shape index (κ1) is 19.2.